The summed E-state index contributed by atoms with van der Waals surface area (Å²) < 4.78 is 17.9. The van der Waals surface area contributed by atoms with Crippen molar-refractivity contribution in [3.8, 4) is 5.75 Å². The summed E-state index contributed by atoms with van der Waals surface area (Å²) in [5.41, 5.74) is 5.60. The molecule has 0 aromatic heterocycles. The Morgan fingerprint density at radius 1 is 1.62 bits per heavy atom. The zero-order chi connectivity index (χ0) is 10.0. The van der Waals surface area contributed by atoms with E-state index in [1.807, 2.05) is 0 Å². The fourth-order valence-electron chi connectivity index (χ4n) is 0.967. The second-order valence-electron chi connectivity index (χ2n) is 2.52. The Bertz CT molecular complexity index is 350. The standard InChI is InChI=1S/C9H10FNO2/c1-5(12)6-3-9(13-2)8(11)4-7(6)10/h3-4,12H,1,11H2,2H3. The maximum atomic E-state index is 13.1. The minimum atomic E-state index is -0.620. The molecule has 0 atom stereocenters. The molecule has 0 aliphatic rings. The average molecular weight is 183 g/mol. The van der Waals surface area contributed by atoms with Crippen LogP contribution in [0.15, 0.2) is 18.7 Å². The summed E-state index contributed by atoms with van der Waals surface area (Å²) in [6, 6.07) is 2.38. The molecule has 4 heteroatoms. The van der Waals surface area contributed by atoms with Gasteiger partial charge in [-0.05, 0) is 6.07 Å². The van der Waals surface area contributed by atoms with Crippen LogP contribution in [0.5, 0.6) is 5.75 Å². The van der Waals surface area contributed by atoms with Crippen LogP contribution in [0.3, 0.4) is 0 Å². The first kappa shape index (κ1) is 9.38. The molecule has 0 aliphatic heterocycles. The zero-order valence-electron chi connectivity index (χ0n) is 7.17. The van der Waals surface area contributed by atoms with E-state index in [1.54, 1.807) is 0 Å². The van der Waals surface area contributed by atoms with Crippen LogP contribution in [0, 0.1) is 5.82 Å². The van der Waals surface area contributed by atoms with Crippen molar-refractivity contribution in [3.05, 3.63) is 30.1 Å². The summed E-state index contributed by atoms with van der Waals surface area (Å²) in [7, 11) is 1.41. The average Bonchev–Trinajstić information content (AvgIpc) is 2.03. The van der Waals surface area contributed by atoms with Crippen molar-refractivity contribution >= 4 is 11.4 Å². The van der Waals surface area contributed by atoms with Gasteiger partial charge < -0.3 is 15.6 Å². The Labute approximate surface area is 75.2 Å². The summed E-state index contributed by atoms with van der Waals surface area (Å²) >= 11 is 0. The second-order valence-corrected chi connectivity index (χ2v) is 2.52. The molecule has 0 fully saturated rings. The van der Waals surface area contributed by atoms with Gasteiger partial charge in [0.15, 0.2) is 0 Å². The van der Waals surface area contributed by atoms with E-state index in [0.29, 0.717) is 5.75 Å². The summed E-state index contributed by atoms with van der Waals surface area (Å²) in [5, 5.41) is 8.98. The SMILES string of the molecule is C=C(O)c1cc(OC)c(N)cc1F. The van der Waals surface area contributed by atoms with E-state index >= 15 is 0 Å². The number of hydrogen-bond donors (Lipinski definition) is 2. The lowest BCUT2D eigenvalue weighted by Crippen LogP contribution is -1.97. The Hall–Kier alpha value is -1.71. The third-order valence-electron chi connectivity index (χ3n) is 1.63. The van der Waals surface area contributed by atoms with Crippen molar-refractivity contribution in [2.75, 3.05) is 12.8 Å². The van der Waals surface area contributed by atoms with Crippen LogP contribution in [-0.4, -0.2) is 12.2 Å². The highest BCUT2D eigenvalue weighted by atomic mass is 19.1. The summed E-state index contributed by atoms with van der Waals surface area (Å²) in [4.78, 5) is 0. The fourth-order valence-corrected chi connectivity index (χ4v) is 0.967. The second kappa shape index (κ2) is 3.35. The fraction of sp³-hybridized carbons (Fsp3) is 0.111. The molecule has 70 valence electrons. The van der Waals surface area contributed by atoms with Crippen LogP contribution in [0.2, 0.25) is 0 Å². The molecule has 1 aromatic rings. The maximum absolute atomic E-state index is 13.1. The number of hydrogen-bond acceptors (Lipinski definition) is 3. The molecule has 0 radical (unpaired) electrons. The van der Waals surface area contributed by atoms with Crippen LogP contribution in [0.1, 0.15) is 5.56 Å². The van der Waals surface area contributed by atoms with Crippen LogP contribution in [-0.2, 0) is 0 Å². The first-order chi connectivity index (χ1) is 6.06. The normalized spacial score (nSPS) is 9.69. The molecule has 0 bridgehead atoms. The molecule has 0 aliphatic carbocycles. The Morgan fingerprint density at radius 3 is 2.69 bits per heavy atom. The van der Waals surface area contributed by atoms with Crippen molar-refractivity contribution in [2.45, 2.75) is 0 Å². The van der Waals surface area contributed by atoms with Crippen molar-refractivity contribution < 1.29 is 14.2 Å². The smallest absolute Gasteiger partial charge is 0.142 e. The lowest BCUT2D eigenvalue weighted by Gasteiger charge is -2.07. The molecule has 3 nitrogen and oxygen atoms in total. The quantitative estimate of drug-likeness (QED) is 0.544. The molecule has 0 unspecified atom stereocenters. The minimum absolute atomic E-state index is 0.00829. The molecule has 1 rings (SSSR count). The van der Waals surface area contributed by atoms with E-state index in [-0.39, 0.29) is 17.0 Å². The van der Waals surface area contributed by atoms with Crippen LogP contribution < -0.4 is 10.5 Å². The summed E-state index contributed by atoms with van der Waals surface area (Å²) in [6.45, 7) is 3.21. The van der Waals surface area contributed by atoms with Gasteiger partial charge in [0.05, 0.1) is 18.4 Å². The van der Waals surface area contributed by atoms with Crippen molar-refractivity contribution in [2.24, 2.45) is 0 Å². The lowest BCUT2D eigenvalue weighted by atomic mass is 10.1. The Morgan fingerprint density at radius 2 is 2.23 bits per heavy atom. The van der Waals surface area contributed by atoms with Gasteiger partial charge in [-0.25, -0.2) is 4.39 Å². The third kappa shape index (κ3) is 1.72. The van der Waals surface area contributed by atoms with Crippen LogP contribution in [0.25, 0.3) is 5.76 Å². The Balaban J connectivity index is 3.30. The van der Waals surface area contributed by atoms with Gasteiger partial charge in [-0.3, -0.25) is 0 Å². The van der Waals surface area contributed by atoms with Gasteiger partial charge in [-0.2, -0.15) is 0 Å². The van der Waals surface area contributed by atoms with Gasteiger partial charge in [-0.1, -0.05) is 6.58 Å². The summed E-state index contributed by atoms with van der Waals surface area (Å²) in [5.74, 6) is -0.659. The van der Waals surface area contributed by atoms with E-state index in [1.165, 1.54) is 13.2 Å². The van der Waals surface area contributed by atoms with Crippen molar-refractivity contribution in [3.63, 3.8) is 0 Å². The number of benzene rings is 1. The largest absolute Gasteiger partial charge is 0.508 e. The van der Waals surface area contributed by atoms with Gasteiger partial charge >= 0.3 is 0 Å². The minimum Gasteiger partial charge on any atom is -0.508 e. The first-order valence-corrected chi connectivity index (χ1v) is 3.57. The van der Waals surface area contributed by atoms with E-state index in [9.17, 15) is 4.39 Å². The molecule has 3 N–H and O–H groups in total. The molecule has 13 heavy (non-hydrogen) atoms. The number of anilines is 1. The highest BCUT2D eigenvalue weighted by Crippen LogP contribution is 2.27. The van der Waals surface area contributed by atoms with Crippen LogP contribution >= 0.6 is 0 Å². The predicted octanol–water partition coefficient (Wildman–Crippen LogP) is 1.95. The van der Waals surface area contributed by atoms with Gasteiger partial charge in [0.25, 0.3) is 0 Å². The van der Waals surface area contributed by atoms with E-state index in [4.69, 9.17) is 15.6 Å². The number of ether oxygens (including phenoxy) is 1. The molecular weight excluding hydrogens is 173 g/mol. The van der Waals surface area contributed by atoms with E-state index in [0.717, 1.165) is 6.07 Å². The van der Waals surface area contributed by atoms with Crippen molar-refractivity contribution in [1.29, 1.82) is 0 Å². The Kier molecular flexibility index (Phi) is 2.41. The molecular formula is C9H10FNO2. The molecule has 0 saturated heterocycles. The monoisotopic (exact) mass is 183 g/mol. The van der Waals surface area contributed by atoms with Gasteiger partial charge in [0.1, 0.15) is 17.3 Å². The van der Waals surface area contributed by atoms with Crippen LogP contribution in [0.4, 0.5) is 10.1 Å². The van der Waals surface area contributed by atoms with Gasteiger partial charge in [0.2, 0.25) is 0 Å². The van der Waals surface area contributed by atoms with E-state index < -0.39 is 5.82 Å². The summed E-state index contributed by atoms with van der Waals surface area (Å²) in [6.07, 6.45) is 0. The van der Waals surface area contributed by atoms with E-state index in [2.05, 4.69) is 6.58 Å². The number of nitrogen functional groups attached to an aromatic ring is 1. The van der Waals surface area contributed by atoms with Crippen molar-refractivity contribution in [1.82, 2.24) is 0 Å². The molecule has 0 heterocycles. The first-order valence-electron chi connectivity index (χ1n) is 3.57. The number of halogens is 1. The molecule has 1 aromatic carbocycles. The van der Waals surface area contributed by atoms with Gasteiger partial charge in [-0.15, -0.1) is 0 Å². The topological polar surface area (TPSA) is 55.5 Å². The van der Waals surface area contributed by atoms with Gasteiger partial charge in [0, 0.05) is 6.07 Å². The predicted molar refractivity (Wildman–Crippen MR) is 49.0 cm³/mol. The lowest BCUT2D eigenvalue weighted by molar-refractivity contribution is 0.414. The number of aliphatic hydroxyl groups excluding tert-OH is 1. The molecule has 0 spiro atoms. The molecule has 0 saturated carbocycles. The number of nitrogens with two attached hydrogens (primary N) is 1. The maximum Gasteiger partial charge on any atom is 0.142 e. The number of methoxy groups -OCH3 is 1. The number of aliphatic hydroxyl groups is 1. The third-order valence-corrected chi connectivity index (χ3v) is 1.63. The molecule has 0 amide bonds. The zero-order valence-corrected chi connectivity index (χ0v) is 7.17. The highest BCUT2D eigenvalue weighted by Gasteiger charge is 2.09. The number of rotatable bonds is 2. The highest BCUT2D eigenvalue weighted by molar-refractivity contribution is 5.64.